The molecule has 0 aromatic heterocycles. The zero-order valence-electron chi connectivity index (χ0n) is 12.0. The van der Waals surface area contributed by atoms with Crippen LogP contribution in [0.15, 0.2) is 18.2 Å². The monoisotopic (exact) mass is 245 g/mol. The summed E-state index contributed by atoms with van der Waals surface area (Å²) in [5.41, 5.74) is 4.18. The average Bonchev–Trinajstić information content (AvgIpc) is 2.42. The van der Waals surface area contributed by atoms with Gasteiger partial charge in [-0.15, -0.1) is 0 Å². The van der Waals surface area contributed by atoms with E-state index in [2.05, 4.69) is 37.4 Å². The van der Waals surface area contributed by atoms with Crippen molar-refractivity contribution in [2.75, 3.05) is 11.9 Å². The maximum Gasteiger partial charge on any atom is 0.0343 e. The van der Waals surface area contributed by atoms with Crippen LogP contribution in [0.1, 0.15) is 56.6 Å². The molecule has 1 aliphatic rings. The van der Waals surface area contributed by atoms with Crippen molar-refractivity contribution < 1.29 is 0 Å². The van der Waals surface area contributed by atoms with Gasteiger partial charge in [0.15, 0.2) is 0 Å². The Morgan fingerprint density at radius 2 is 1.94 bits per heavy atom. The predicted molar refractivity (Wildman–Crippen MR) is 80.2 cm³/mol. The summed E-state index contributed by atoms with van der Waals surface area (Å²) in [7, 11) is 0. The van der Waals surface area contributed by atoms with E-state index in [9.17, 15) is 0 Å². The summed E-state index contributed by atoms with van der Waals surface area (Å²) >= 11 is 0. The molecule has 1 nitrogen and oxygen atoms in total. The summed E-state index contributed by atoms with van der Waals surface area (Å²) in [5, 5.41) is 3.59. The molecule has 18 heavy (non-hydrogen) atoms. The first-order valence-electron chi connectivity index (χ1n) is 7.63. The number of aryl methyl sites for hydroxylation is 2. The van der Waals surface area contributed by atoms with Gasteiger partial charge in [0.05, 0.1) is 0 Å². The number of hydrogen-bond donors (Lipinski definition) is 1. The van der Waals surface area contributed by atoms with Gasteiger partial charge in [-0.1, -0.05) is 45.1 Å². The molecule has 0 aliphatic heterocycles. The fraction of sp³-hybridized carbons (Fsp3) is 0.647. The Balaban J connectivity index is 1.79. The summed E-state index contributed by atoms with van der Waals surface area (Å²) in [6, 6.07) is 6.77. The first-order chi connectivity index (χ1) is 8.79. The van der Waals surface area contributed by atoms with Crippen molar-refractivity contribution >= 4 is 5.69 Å². The zero-order valence-corrected chi connectivity index (χ0v) is 12.0. The highest BCUT2D eigenvalue weighted by Crippen LogP contribution is 2.26. The van der Waals surface area contributed by atoms with Crippen molar-refractivity contribution in [1.29, 1.82) is 0 Å². The molecule has 0 saturated heterocycles. The summed E-state index contributed by atoms with van der Waals surface area (Å²) in [5.74, 6) is 0.974. The molecule has 1 fully saturated rings. The van der Waals surface area contributed by atoms with Crippen molar-refractivity contribution in [1.82, 2.24) is 0 Å². The molecule has 0 bridgehead atoms. The van der Waals surface area contributed by atoms with Gasteiger partial charge in [-0.3, -0.25) is 0 Å². The van der Waals surface area contributed by atoms with Gasteiger partial charge in [0, 0.05) is 12.2 Å². The number of nitrogens with one attached hydrogen (secondary N) is 1. The molecule has 1 aromatic rings. The van der Waals surface area contributed by atoms with Gasteiger partial charge in [-0.2, -0.15) is 0 Å². The largest absolute Gasteiger partial charge is 0.385 e. The lowest BCUT2D eigenvalue weighted by Crippen LogP contribution is -2.12. The Morgan fingerprint density at radius 1 is 1.17 bits per heavy atom. The highest BCUT2D eigenvalue weighted by atomic mass is 14.9. The summed E-state index contributed by atoms with van der Waals surface area (Å²) in [6.07, 6.45) is 9.75. The molecule has 0 radical (unpaired) electrons. The fourth-order valence-corrected chi connectivity index (χ4v) is 3.06. The second kappa shape index (κ2) is 6.82. The molecule has 0 atom stereocenters. The molecule has 1 N–H and O–H groups in total. The Morgan fingerprint density at radius 3 is 2.67 bits per heavy atom. The van der Waals surface area contributed by atoms with Gasteiger partial charge in [0.2, 0.25) is 0 Å². The van der Waals surface area contributed by atoms with Gasteiger partial charge in [-0.05, 0) is 48.9 Å². The normalized spacial score (nSPS) is 16.8. The smallest absolute Gasteiger partial charge is 0.0343 e. The molecule has 1 saturated carbocycles. The van der Waals surface area contributed by atoms with Crippen molar-refractivity contribution in [3.8, 4) is 0 Å². The lowest BCUT2D eigenvalue weighted by Gasteiger charge is -2.21. The van der Waals surface area contributed by atoms with Crippen LogP contribution in [0.2, 0.25) is 0 Å². The van der Waals surface area contributed by atoms with Crippen LogP contribution in [0.5, 0.6) is 0 Å². The van der Waals surface area contributed by atoms with Crippen LogP contribution in [-0.2, 0) is 6.42 Å². The van der Waals surface area contributed by atoms with Crippen LogP contribution < -0.4 is 5.32 Å². The minimum atomic E-state index is 0.974. The summed E-state index contributed by atoms with van der Waals surface area (Å²) in [4.78, 5) is 0. The molecule has 100 valence electrons. The lowest BCUT2D eigenvalue weighted by molar-refractivity contribution is 0.345. The van der Waals surface area contributed by atoms with Crippen LogP contribution in [0.4, 0.5) is 5.69 Å². The van der Waals surface area contributed by atoms with Gasteiger partial charge < -0.3 is 5.32 Å². The van der Waals surface area contributed by atoms with E-state index in [0.29, 0.717) is 0 Å². The SMILES string of the molecule is CCc1cc(NCCC2CCCCC2)ccc1C. The lowest BCUT2D eigenvalue weighted by atomic mass is 9.87. The van der Waals surface area contributed by atoms with E-state index in [1.54, 1.807) is 0 Å². The maximum absolute atomic E-state index is 3.59. The highest BCUT2D eigenvalue weighted by molar-refractivity contribution is 5.48. The molecule has 1 aromatic carbocycles. The second-order valence-electron chi connectivity index (χ2n) is 5.71. The molecule has 0 heterocycles. The van der Waals surface area contributed by atoms with Crippen molar-refractivity contribution in [2.45, 2.75) is 58.8 Å². The van der Waals surface area contributed by atoms with E-state index in [1.807, 2.05) is 0 Å². The fourth-order valence-electron chi connectivity index (χ4n) is 3.06. The minimum Gasteiger partial charge on any atom is -0.385 e. The Hall–Kier alpha value is -0.980. The van der Waals surface area contributed by atoms with Gasteiger partial charge in [0.25, 0.3) is 0 Å². The van der Waals surface area contributed by atoms with E-state index >= 15 is 0 Å². The molecule has 0 spiro atoms. The van der Waals surface area contributed by atoms with E-state index < -0.39 is 0 Å². The highest BCUT2D eigenvalue weighted by Gasteiger charge is 2.12. The number of hydrogen-bond acceptors (Lipinski definition) is 1. The second-order valence-corrected chi connectivity index (χ2v) is 5.71. The number of benzene rings is 1. The van der Waals surface area contributed by atoms with E-state index in [1.165, 1.54) is 55.3 Å². The molecule has 0 unspecified atom stereocenters. The molecular weight excluding hydrogens is 218 g/mol. The average molecular weight is 245 g/mol. The number of anilines is 1. The third-order valence-corrected chi connectivity index (χ3v) is 4.34. The molecule has 1 heteroatoms. The molecule has 1 aliphatic carbocycles. The van der Waals surface area contributed by atoms with Crippen LogP contribution >= 0.6 is 0 Å². The Kier molecular flexibility index (Phi) is 5.10. The topological polar surface area (TPSA) is 12.0 Å². The summed E-state index contributed by atoms with van der Waals surface area (Å²) < 4.78 is 0. The third kappa shape index (κ3) is 3.76. The van der Waals surface area contributed by atoms with Gasteiger partial charge in [0.1, 0.15) is 0 Å². The Labute approximate surface area is 112 Å². The predicted octanol–water partition coefficient (Wildman–Crippen LogP) is 4.94. The third-order valence-electron chi connectivity index (χ3n) is 4.34. The standard InChI is InChI=1S/C17H27N/c1-3-16-13-17(10-9-14(16)2)18-12-11-15-7-5-4-6-8-15/h9-10,13,15,18H,3-8,11-12H2,1-2H3. The zero-order chi connectivity index (χ0) is 12.8. The quantitative estimate of drug-likeness (QED) is 0.774. The Bertz CT molecular complexity index is 364. The first kappa shape index (κ1) is 13.5. The van der Waals surface area contributed by atoms with E-state index in [-0.39, 0.29) is 0 Å². The van der Waals surface area contributed by atoms with Crippen molar-refractivity contribution in [3.63, 3.8) is 0 Å². The molecule has 0 amide bonds. The summed E-state index contributed by atoms with van der Waals surface area (Å²) in [6.45, 7) is 5.57. The number of rotatable bonds is 5. The van der Waals surface area contributed by atoms with Gasteiger partial charge in [-0.25, -0.2) is 0 Å². The molecular formula is C17H27N. The van der Waals surface area contributed by atoms with Crippen LogP contribution in [0.3, 0.4) is 0 Å². The van der Waals surface area contributed by atoms with Crippen LogP contribution in [0, 0.1) is 12.8 Å². The van der Waals surface area contributed by atoms with Crippen LogP contribution in [0.25, 0.3) is 0 Å². The van der Waals surface area contributed by atoms with Gasteiger partial charge >= 0.3 is 0 Å². The van der Waals surface area contributed by atoms with E-state index in [0.717, 1.165) is 18.9 Å². The first-order valence-corrected chi connectivity index (χ1v) is 7.63. The van der Waals surface area contributed by atoms with Crippen molar-refractivity contribution in [2.24, 2.45) is 5.92 Å². The minimum absolute atomic E-state index is 0.974. The maximum atomic E-state index is 3.59. The van der Waals surface area contributed by atoms with Crippen LogP contribution in [-0.4, -0.2) is 6.54 Å². The van der Waals surface area contributed by atoms with Crippen molar-refractivity contribution in [3.05, 3.63) is 29.3 Å². The van der Waals surface area contributed by atoms with E-state index in [4.69, 9.17) is 0 Å². The molecule has 2 rings (SSSR count).